The summed E-state index contributed by atoms with van der Waals surface area (Å²) < 4.78 is 31.6. The number of aromatic nitrogens is 3. The molecule has 0 saturated carbocycles. The van der Waals surface area contributed by atoms with E-state index in [1.165, 1.54) is 22.8 Å². The number of hydrogen-bond acceptors (Lipinski definition) is 8. The van der Waals surface area contributed by atoms with Gasteiger partial charge in [0, 0.05) is 18.8 Å². The number of rotatable bonds is 4. The van der Waals surface area contributed by atoms with E-state index in [2.05, 4.69) is 20.3 Å². The Morgan fingerprint density at radius 1 is 1.13 bits per heavy atom. The van der Waals surface area contributed by atoms with Gasteiger partial charge in [0.25, 0.3) is 0 Å². The second kappa shape index (κ2) is 6.44. The number of sulfonamides is 1. The van der Waals surface area contributed by atoms with Crippen LogP contribution in [0.5, 0.6) is 0 Å². The van der Waals surface area contributed by atoms with E-state index in [1.807, 2.05) is 0 Å². The van der Waals surface area contributed by atoms with E-state index < -0.39 is 10.0 Å². The SMILES string of the molecule is Nc1ncnc(Nc2ccc(S(=O)(=O)N3CCOCC3)cc2)n1. The van der Waals surface area contributed by atoms with Crippen LogP contribution in [0.4, 0.5) is 17.6 Å². The van der Waals surface area contributed by atoms with Crippen molar-refractivity contribution in [3.63, 3.8) is 0 Å². The zero-order valence-corrected chi connectivity index (χ0v) is 13.0. The summed E-state index contributed by atoms with van der Waals surface area (Å²) in [5.41, 5.74) is 6.13. The van der Waals surface area contributed by atoms with Gasteiger partial charge in [-0.2, -0.15) is 9.29 Å². The minimum Gasteiger partial charge on any atom is -0.379 e. The molecule has 0 spiro atoms. The van der Waals surface area contributed by atoms with E-state index in [0.29, 0.717) is 37.9 Å². The number of benzene rings is 1. The molecule has 0 unspecified atom stereocenters. The zero-order chi connectivity index (χ0) is 16.3. The fourth-order valence-corrected chi connectivity index (χ4v) is 3.55. The van der Waals surface area contributed by atoms with Crippen molar-refractivity contribution >= 4 is 27.6 Å². The Labute approximate surface area is 133 Å². The van der Waals surface area contributed by atoms with Crippen molar-refractivity contribution in [1.29, 1.82) is 0 Å². The summed E-state index contributed by atoms with van der Waals surface area (Å²) in [5.74, 6) is 0.398. The van der Waals surface area contributed by atoms with Crippen molar-refractivity contribution in [2.45, 2.75) is 4.90 Å². The predicted molar refractivity (Wildman–Crippen MR) is 83.5 cm³/mol. The van der Waals surface area contributed by atoms with Crippen molar-refractivity contribution in [3.05, 3.63) is 30.6 Å². The minimum atomic E-state index is -3.49. The molecule has 10 heteroatoms. The Hall–Kier alpha value is -2.30. The molecule has 1 aromatic carbocycles. The number of nitrogens with two attached hydrogens (primary N) is 1. The highest BCUT2D eigenvalue weighted by molar-refractivity contribution is 7.89. The fourth-order valence-electron chi connectivity index (χ4n) is 2.14. The number of ether oxygens (including phenoxy) is 1. The predicted octanol–water partition coefficient (Wildman–Crippen LogP) is 0.218. The Morgan fingerprint density at radius 2 is 1.83 bits per heavy atom. The maximum Gasteiger partial charge on any atom is 0.243 e. The van der Waals surface area contributed by atoms with Gasteiger partial charge in [0.2, 0.25) is 21.9 Å². The van der Waals surface area contributed by atoms with Crippen molar-refractivity contribution in [1.82, 2.24) is 19.3 Å². The topological polar surface area (TPSA) is 123 Å². The molecule has 3 N–H and O–H groups in total. The lowest BCUT2D eigenvalue weighted by Crippen LogP contribution is -2.40. The van der Waals surface area contributed by atoms with Crippen molar-refractivity contribution in [2.75, 3.05) is 37.4 Å². The summed E-state index contributed by atoms with van der Waals surface area (Å²) in [6.07, 6.45) is 1.29. The molecule has 0 bridgehead atoms. The average Bonchev–Trinajstić information content (AvgIpc) is 2.56. The monoisotopic (exact) mass is 336 g/mol. The van der Waals surface area contributed by atoms with Crippen molar-refractivity contribution in [2.24, 2.45) is 0 Å². The first-order chi connectivity index (χ1) is 11.1. The quantitative estimate of drug-likeness (QED) is 0.812. The fraction of sp³-hybridized carbons (Fsp3) is 0.308. The third-order valence-corrected chi connectivity index (χ3v) is 5.22. The molecule has 0 aliphatic carbocycles. The summed E-state index contributed by atoms with van der Waals surface area (Å²) in [7, 11) is -3.49. The van der Waals surface area contributed by atoms with Gasteiger partial charge >= 0.3 is 0 Å². The molecule has 2 aromatic rings. The van der Waals surface area contributed by atoms with Gasteiger partial charge in [-0.05, 0) is 24.3 Å². The van der Waals surface area contributed by atoms with E-state index >= 15 is 0 Å². The molecule has 23 heavy (non-hydrogen) atoms. The smallest absolute Gasteiger partial charge is 0.243 e. The van der Waals surface area contributed by atoms with Crippen LogP contribution in [0.15, 0.2) is 35.5 Å². The molecule has 9 nitrogen and oxygen atoms in total. The zero-order valence-electron chi connectivity index (χ0n) is 12.2. The van der Waals surface area contributed by atoms with Crippen LogP contribution < -0.4 is 11.1 Å². The molecular weight excluding hydrogens is 320 g/mol. The van der Waals surface area contributed by atoms with E-state index in [4.69, 9.17) is 10.5 Å². The molecule has 3 rings (SSSR count). The highest BCUT2D eigenvalue weighted by atomic mass is 32.2. The number of nitrogen functional groups attached to an aromatic ring is 1. The highest BCUT2D eigenvalue weighted by Crippen LogP contribution is 2.20. The first kappa shape index (κ1) is 15.6. The van der Waals surface area contributed by atoms with Crippen LogP contribution in [0.2, 0.25) is 0 Å². The summed E-state index contributed by atoms with van der Waals surface area (Å²) in [5, 5.41) is 2.93. The Morgan fingerprint density at radius 3 is 2.48 bits per heavy atom. The third-order valence-electron chi connectivity index (χ3n) is 3.31. The second-order valence-electron chi connectivity index (χ2n) is 4.83. The standard InChI is InChI=1S/C13H16N6O3S/c14-12-15-9-16-13(18-12)17-10-1-3-11(4-2-10)23(20,21)19-5-7-22-8-6-19/h1-4,9H,5-8H2,(H3,14,15,16,17,18). The largest absolute Gasteiger partial charge is 0.379 e. The molecular formula is C13H16N6O3S. The molecule has 1 aliphatic rings. The Bertz CT molecular complexity index is 775. The molecule has 1 saturated heterocycles. The van der Waals surface area contributed by atoms with Gasteiger partial charge in [0.05, 0.1) is 18.1 Å². The third kappa shape index (κ3) is 3.55. The summed E-state index contributed by atoms with van der Waals surface area (Å²) in [4.78, 5) is 11.8. The van der Waals surface area contributed by atoms with E-state index in [0.717, 1.165) is 0 Å². The Kier molecular flexibility index (Phi) is 4.37. The second-order valence-corrected chi connectivity index (χ2v) is 6.77. The summed E-state index contributed by atoms with van der Waals surface area (Å²) in [6, 6.07) is 6.37. The molecule has 0 atom stereocenters. The number of morpholine rings is 1. The summed E-state index contributed by atoms with van der Waals surface area (Å²) >= 11 is 0. The van der Waals surface area contributed by atoms with E-state index in [-0.39, 0.29) is 10.8 Å². The van der Waals surface area contributed by atoms with Crippen LogP contribution >= 0.6 is 0 Å². The molecule has 122 valence electrons. The van der Waals surface area contributed by atoms with Gasteiger partial charge in [-0.25, -0.2) is 18.4 Å². The normalized spacial score (nSPS) is 16.2. The van der Waals surface area contributed by atoms with Crippen LogP contribution in [0, 0.1) is 0 Å². The average molecular weight is 336 g/mol. The number of anilines is 3. The molecule has 0 amide bonds. The number of hydrogen-bond donors (Lipinski definition) is 2. The van der Waals surface area contributed by atoms with Crippen LogP contribution in [0.1, 0.15) is 0 Å². The van der Waals surface area contributed by atoms with Gasteiger partial charge < -0.3 is 15.8 Å². The first-order valence-electron chi connectivity index (χ1n) is 6.95. The minimum absolute atomic E-state index is 0.106. The number of nitrogens with zero attached hydrogens (tertiary/aromatic N) is 4. The highest BCUT2D eigenvalue weighted by Gasteiger charge is 2.26. The Balaban J connectivity index is 1.76. The van der Waals surface area contributed by atoms with Gasteiger partial charge in [-0.1, -0.05) is 0 Å². The molecule has 1 fully saturated rings. The van der Waals surface area contributed by atoms with Gasteiger partial charge in [0.1, 0.15) is 6.33 Å². The van der Waals surface area contributed by atoms with Crippen molar-refractivity contribution < 1.29 is 13.2 Å². The lowest BCUT2D eigenvalue weighted by atomic mass is 10.3. The van der Waals surface area contributed by atoms with E-state index in [9.17, 15) is 8.42 Å². The van der Waals surface area contributed by atoms with Crippen LogP contribution in [-0.2, 0) is 14.8 Å². The maximum atomic E-state index is 12.5. The first-order valence-corrected chi connectivity index (χ1v) is 8.39. The van der Waals surface area contributed by atoms with Gasteiger partial charge in [-0.3, -0.25) is 0 Å². The maximum absolute atomic E-state index is 12.5. The van der Waals surface area contributed by atoms with Gasteiger partial charge in [0.15, 0.2) is 0 Å². The number of nitrogens with one attached hydrogen (secondary N) is 1. The molecule has 0 radical (unpaired) electrons. The van der Waals surface area contributed by atoms with Gasteiger partial charge in [-0.15, -0.1) is 0 Å². The molecule has 1 aromatic heterocycles. The lowest BCUT2D eigenvalue weighted by molar-refractivity contribution is 0.0730. The van der Waals surface area contributed by atoms with Crippen LogP contribution in [0.25, 0.3) is 0 Å². The van der Waals surface area contributed by atoms with Crippen LogP contribution in [-0.4, -0.2) is 54.0 Å². The molecule has 1 aliphatic heterocycles. The van der Waals surface area contributed by atoms with E-state index in [1.54, 1.807) is 12.1 Å². The van der Waals surface area contributed by atoms with Crippen molar-refractivity contribution in [3.8, 4) is 0 Å². The van der Waals surface area contributed by atoms with Crippen LogP contribution in [0.3, 0.4) is 0 Å². The molecule has 2 heterocycles. The lowest BCUT2D eigenvalue weighted by Gasteiger charge is -2.26. The summed E-state index contributed by atoms with van der Waals surface area (Å²) in [6.45, 7) is 1.57.